The van der Waals surface area contributed by atoms with E-state index in [1.54, 1.807) is 4.40 Å². The molecule has 0 aliphatic heterocycles. The first-order chi connectivity index (χ1) is 10.5. The van der Waals surface area contributed by atoms with Gasteiger partial charge < -0.3 is 4.74 Å². The molecule has 0 N–H and O–H groups in total. The van der Waals surface area contributed by atoms with Crippen LogP contribution in [0.1, 0.15) is 11.4 Å². The van der Waals surface area contributed by atoms with Gasteiger partial charge in [0.1, 0.15) is 12.4 Å². The van der Waals surface area contributed by atoms with E-state index in [1.165, 1.54) is 29.5 Å². The SMILES string of the molecule is Cc1csc2nc(COc3cc(Cl)c(Cl)cc3Cl)cc(=O)n12. The molecule has 0 spiro atoms. The number of thiazole rings is 1. The van der Waals surface area contributed by atoms with Gasteiger partial charge in [-0.1, -0.05) is 34.8 Å². The van der Waals surface area contributed by atoms with E-state index in [0.717, 1.165) is 5.69 Å². The molecular weight excluding hydrogens is 367 g/mol. The summed E-state index contributed by atoms with van der Waals surface area (Å²) in [5, 5.41) is 2.92. The van der Waals surface area contributed by atoms with Gasteiger partial charge in [0, 0.05) is 23.2 Å². The van der Waals surface area contributed by atoms with Gasteiger partial charge in [0.05, 0.1) is 20.8 Å². The van der Waals surface area contributed by atoms with Gasteiger partial charge >= 0.3 is 0 Å². The fourth-order valence-corrected chi connectivity index (χ4v) is 3.42. The van der Waals surface area contributed by atoms with Crippen molar-refractivity contribution in [3.63, 3.8) is 0 Å². The Kier molecular flexibility index (Phi) is 4.32. The largest absolute Gasteiger partial charge is 0.486 e. The molecule has 0 fully saturated rings. The first-order valence-electron chi connectivity index (χ1n) is 6.20. The van der Waals surface area contributed by atoms with Gasteiger partial charge in [0.2, 0.25) is 0 Å². The van der Waals surface area contributed by atoms with E-state index in [4.69, 9.17) is 39.5 Å². The van der Waals surface area contributed by atoms with E-state index in [-0.39, 0.29) is 12.2 Å². The zero-order valence-corrected chi connectivity index (χ0v) is 14.4. The zero-order valence-electron chi connectivity index (χ0n) is 11.3. The third-order valence-corrected chi connectivity index (χ3v) is 4.94. The quantitative estimate of drug-likeness (QED) is 0.628. The Labute approximate surface area is 144 Å². The van der Waals surface area contributed by atoms with E-state index >= 15 is 0 Å². The van der Waals surface area contributed by atoms with Crippen LogP contribution >= 0.6 is 46.1 Å². The topological polar surface area (TPSA) is 43.6 Å². The van der Waals surface area contributed by atoms with Crippen LogP contribution in [0, 0.1) is 6.92 Å². The molecule has 0 bridgehead atoms. The van der Waals surface area contributed by atoms with Crippen molar-refractivity contribution in [2.45, 2.75) is 13.5 Å². The molecule has 22 heavy (non-hydrogen) atoms. The Morgan fingerprint density at radius 2 is 1.91 bits per heavy atom. The summed E-state index contributed by atoms with van der Waals surface area (Å²) in [5.74, 6) is 0.389. The Morgan fingerprint density at radius 3 is 2.68 bits per heavy atom. The smallest absolute Gasteiger partial charge is 0.259 e. The maximum absolute atomic E-state index is 12.1. The second-order valence-electron chi connectivity index (χ2n) is 4.57. The first-order valence-corrected chi connectivity index (χ1v) is 8.21. The van der Waals surface area contributed by atoms with Gasteiger partial charge in [0.25, 0.3) is 5.56 Å². The molecule has 0 saturated carbocycles. The second-order valence-corrected chi connectivity index (χ2v) is 6.62. The molecule has 0 amide bonds. The van der Waals surface area contributed by atoms with Crippen molar-refractivity contribution in [3.05, 3.63) is 60.4 Å². The van der Waals surface area contributed by atoms with E-state index < -0.39 is 0 Å². The molecule has 0 saturated heterocycles. The fraction of sp³-hybridized carbons (Fsp3) is 0.143. The van der Waals surface area contributed by atoms with Gasteiger partial charge in [-0.05, 0) is 13.0 Å². The molecule has 2 aromatic heterocycles. The van der Waals surface area contributed by atoms with Crippen molar-refractivity contribution in [2.75, 3.05) is 0 Å². The van der Waals surface area contributed by atoms with E-state index in [1.807, 2.05) is 12.3 Å². The van der Waals surface area contributed by atoms with Gasteiger partial charge in [0.15, 0.2) is 4.96 Å². The minimum Gasteiger partial charge on any atom is -0.486 e. The van der Waals surface area contributed by atoms with Crippen LogP contribution < -0.4 is 10.3 Å². The minimum atomic E-state index is -0.136. The number of halogens is 3. The number of hydrogen-bond donors (Lipinski definition) is 0. The number of aromatic nitrogens is 2. The number of aryl methyl sites for hydroxylation is 1. The van der Waals surface area contributed by atoms with Gasteiger partial charge in [-0.3, -0.25) is 9.20 Å². The Bertz CT molecular complexity index is 920. The summed E-state index contributed by atoms with van der Waals surface area (Å²) in [4.78, 5) is 17.1. The van der Waals surface area contributed by atoms with Crippen LogP contribution in [0.4, 0.5) is 0 Å². The van der Waals surface area contributed by atoms with Gasteiger partial charge in [-0.2, -0.15) is 0 Å². The number of nitrogens with zero attached hydrogens (tertiary/aromatic N) is 2. The number of benzene rings is 1. The van der Waals surface area contributed by atoms with Crippen LogP contribution in [0.2, 0.25) is 15.1 Å². The van der Waals surface area contributed by atoms with Crippen molar-refractivity contribution < 1.29 is 4.74 Å². The maximum Gasteiger partial charge on any atom is 0.259 e. The molecule has 4 nitrogen and oxygen atoms in total. The molecule has 114 valence electrons. The molecule has 0 radical (unpaired) electrons. The molecule has 1 aromatic carbocycles. The summed E-state index contributed by atoms with van der Waals surface area (Å²) in [6.45, 7) is 1.97. The highest BCUT2D eigenvalue weighted by molar-refractivity contribution is 7.15. The van der Waals surface area contributed by atoms with Crippen LogP contribution in [0.3, 0.4) is 0 Å². The van der Waals surface area contributed by atoms with Crippen molar-refractivity contribution in [1.82, 2.24) is 9.38 Å². The molecule has 8 heteroatoms. The molecular formula is C14H9Cl3N2O2S. The maximum atomic E-state index is 12.1. The van der Waals surface area contributed by atoms with Crippen molar-refractivity contribution in [2.24, 2.45) is 0 Å². The summed E-state index contributed by atoms with van der Waals surface area (Å²) >= 11 is 19.2. The highest BCUT2D eigenvalue weighted by Gasteiger charge is 2.10. The van der Waals surface area contributed by atoms with Crippen molar-refractivity contribution in [3.8, 4) is 5.75 Å². The predicted octanol–water partition coefficient (Wildman–Crippen LogP) is 4.60. The number of rotatable bonds is 3. The summed E-state index contributed by atoms with van der Waals surface area (Å²) in [6, 6.07) is 4.49. The summed E-state index contributed by atoms with van der Waals surface area (Å²) in [7, 11) is 0. The number of hydrogen-bond acceptors (Lipinski definition) is 4. The number of ether oxygens (including phenoxy) is 1. The zero-order chi connectivity index (χ0) is 15.9. The highest BCUT2D eigenvalue weighted by atomic mass is 35.5. The van der Waals surface area contributed by atoms with Gasteiger partial charge in [-0.15, -0.1) is 11.3 Å². The Hall–Kier alpha value is -1.27. The predicted molar refractivity (Wildman–Crippen MR) is 89.9 cm³/mol. The molecule has 0 aliphatic rings. The van der Waals surface area contributed by atoms with Crippen LogP contribution in [0.25, 0.3) is 4.96 Å². The summed E-state index contributed by atoms with van der Waals surface area (Å²) < 4.78 is 7.14. The summed E-state index contributed by atoms with van der Waals surface area (Å²) in [5.41, 5.74) is 1.24. The van der Waals surface area contributed by atoms with Crippen LogP contribution in [-0.2, 0) is 6.61 Å². The molecule has 2 heterocycles. The number of fused-ring (bicyclic) bond motifs is 1. The normalized spacial score (nSPS) is 11.1. The van der Waals surface area contributed by atoms with Crippen LogP contribution in [-0.4, -0.2) is 9.38 Å². The van der Waals surface area contributed by atoms with Crippen LogP contribution in [0.15, 0.2) is 28.4 Å². The third-order valence-electron chi connectivity index (χ3n) is 2.98. The Balaban J connectivity index is 1.88. The van der Waals surface area contributed by atoms with E-state index in [0.29, 0.717) is 31.5 Å². The molecule has 3 aromatic rings. The standard InChI is InChI=1S/C14H9Cl3N2O2S/c1-7-6-22-14-18-8(2-13(20)19(7)14)5-21-12-4-10(16)9(15)3-11(12)17/h2-4,6H,5H2,1H3. The Morgan fingerprint density at radius 1 is 1.18 bits per heavy atom. The molecule has 3 rings (SSSR count). The average Bonchev–Trinajstić information content (AvgIpc) is 2.83. The fourth-order valence-electron chi connectivity index (χ4n) is 1.94. The third kappa shape index (κ3) is 2.94. The van der Waals surface area contributed by atoms with E-state index in [2.05, 4.69) is 4.98 Å². The lowest BCUT2D eigenvalue weighted by molar-refractivity contribution is 0.301. The first kappa shape index (κ1) is 15.6. The average molecular weight is 376 g/mol. The molecule has 0 atom stereocenters. The monoisotopic (exact) mass is 374 g/mol. The highest BCUT2D eigenvalue weighted by Crippen LogP contribution is 2.34. The lowest BCUT2D eigenvalue weighted by Gasteiger charge is -2.09. The van der Waals surface area contributed by atoms with Crippen LogP contribution in [0.5, 0.6) is 5.75 Å². The lowest BCUT2D eigenvalue weighted by Crippen LogP contribution is -2.16. The lowest BCUT2D eigenvalue weighted by atomic mass is 10.3. The summed E-state index contributed by atoms with van der Waals surface area (Å²) in [6.07, 6.45) is 0. The van der Waals surface area contributed by atoms with Crippen molar-refractivity contribution in [1.29, 1.82) is 0 Å². The second kappa shape index (κ2) is 6.08. The molecule has 0 unspecified atom stereocenters. The van der Waals surface area contributed by atoms with E-state index in [9.17, 15) is 4.79 Å². The molecule has 0 aliphatic carbocycles. The minimum absolute atomic E-state index is 0.111. The van der Waals surface area contributed by atoms with Gasteiger partial charge in [-0.25, -0.2) is 4.98 Å². The van der Waals surface area contributed by atoms with Crippen molar-refractivity contribution >= 4 is 51.1 Å².